The van der Waals surface area contributed by atoms with Crippen molar-refractivity contribution in [3.05, 3.63) is 65.2 Å². The van der Waals surface area contributed by atoms with Crippen molar-refractivity contribution in [3.63, 3.8) is 0 Å². The van der Waals surface area contributed by atoms with Crippen LogP contribution in [0.4, 0.5) is 5.69 Å². The molecule has 0 radical (unpaired) electrons. The summed E-state index contributed by atoms with van der Waals surface area (Å²) >= 11 is 1.52. The van der Waals surface area contributed by atoms with Crippen molar-refractivity contribution in [1.29, 1.82) is 0 Å². The molecule has 12 heteroatoms. The summed E-state index contributed by atoms with van der Waals surface area (Å²) in [7, 11) is 1.80. The molecule has 2 aromatic carbocycles. The fraction of sp³-hybridized carbons (Fsp3) is 0.464. The second-order valence-electron chi connectivity index (χ2n) is 9.72. The Morgan fingerprint density at radius 2 is 1.70 bits per heavy atom. The lowest BCUT2D eigenvalue weighted by atomic mass is 10.0. The van der Waals surface area contributed by atoms with Gasteiger partial charge in [-0.3, -0.25) is 9.59 Å². The summed E-state index contributed by atoms with van der Waals surface area (Å²) in [5, 5.41) is 33.3. The Bertz CT molecular complexity index is 1240. The van der Waals surface area contributed by atoms with Crippen molar-refractivity contribution in [2.75, 3.05) is 11.1 Å². The van der Waals surface area contributed by atoms with E-state index in [9.17, 15) is 14.7 Å². The van der Waals surface area contributed by atoms with Crippen LogP contribution in [0.1, 0.15) is 74.0 Å². The zero-order valence-corrected chi connectivity index (χ0v) is 23.3. The van der Waals surface area contributed by atoms with Crippen LogP contribution in [0.3, 0.4) is 0 Å². The topological polar surface area (TPSA) is 149 Å². The summed E-state index contributed by atoms with van der Waals surface area (Å²) in [6, 6.07) is 15.2. The van der Waals surface area contributed by atoms with Gasteiger partial charge in [0.15, 0.2) is 6.29 Å². The molecule has 214 valence electrons. The number of carbonyl (C=O) groups is 2. The van der Waals surface area contributed by atoms with Crippen molar-refractivity contribution < 1.29 is 29.3 Å². The summed E-state index contributed by atoms with van der Waals surface area (Å²) in [6.45, 7) is -0.0157. The summed E-state index contributed by atoms with van der Waals surface area (Å²) in [4.78, 5) is 22.9. The average molecular weight is 570 g/mol. The number of carbonyl (C=O) groups excluding carboxylic acids is 1. The van der Waals surface area contributed by atoms with Gasteiger partial charge in [-0.2, -0.15) is 0 Å². The number of nitrogens with one attached hydrogen (secondary N) is 1. The van der Waals surface area contributed by atoms with Crippen LogP contribution in [0.25, 0.3) is 0 Å². The first-order valence-corrected chi connectivity index (χ1v) is 14.4. The first-order valence-electron chi connectivity index (χ1n) is 13.4. The standard InChI is InChI=1S/C28H35N5O6S/c1-33-28(30-31-32-33)40-18-23-16-24(20-10-8-19(17-34)9-11-20)39-27(38-23)21-12-14-22(15-13-21)29-25(35)6-4-2-3-5-7-26(36)37/h8-15,23-24,27,34H,2-7,16-18H2,1H3,(H,29,35)(H,36,37). The number of benzene rings is 2. The third-order valence-electron chi connectivity index (χ3n) is 6.61. The molecule has 0 aliphatic carbocycles. The number of aliphatic carboxylic acids is 1. The summed E-state index contributed by atoms with van der Waals surface area (Å²) in [5.41, 5.74) is 3.37. The summed E-state index contributed by atoms with van der Waals surface area (Å²) in [5.74, 6) is -0.215. The number of unbranched alkanes of at least 4 members (excludes halogenated alkanes) is 3. The molecular weight excluding hydrogens is 534 g/mol. The number of aryl methyl sites for hydroxylation is 1. The van der Waals surface area contributed by atoms with E-state index in [-0.39, 0.29) is 31.1 Å². The van der Waals surface area contributed by atoms with E-state index in [2.05, 4.69) is 20.8 Å². The molecule has 4 rings (SSSR count). The number of carboxylic acids is 1. The Labute approximate surface area is 237 Å². The number of ether oxygens (including phenoxy) is 2. The number of anilines is 1. The highest BCUT2D eigenvalue weighted by molar-refractivity contribution is 7.99. The quantitative estimate of drug-likeness (QED) is 0.188. The fourth-order valence-corrected chi connectivity index (χ4v) is 5.26. The maximum absolute atomic E-state index is 12.3. The van der Waals surface area contributed by atoms with Crippen LogP contribution in [0.5, 0.6) is 0 Å². The number of nitrogens with zero attached hydrogens (tertiary/aromatic N) is 4. The smallest absolute Gasteiger partial charge is 0.303 e. The maximum atomic E-state index is 12.3. The monoisotopic (exact) mass is 569 g/mol. The molecule has 1 saturated heterocycles. The van der Waals surface area contributed by atoms with Crippen LogP contribution in [-0.2, 0) is 32.7 Å². The normalized spacial score (nSPS) is 18.9. The number of hydrogen-bond acceptors (Lipinski definition) is 9. The van der Waals surface area contributed by atoms with Crippen molar-refractivity contribution in [2.24, 2.45) is 7.05 Å². The predicted molar refractivity (Wildman–Crippen MR) is 148 cm³/mol. The number of amides is 1. The third kappa shape index (κ3) is 8.85. The average Bonchev–Trinajstić information content (AvgIpc) is 3.38. The van der Waals surface area contributed by atoms with Gasteiger partial charge in [0.25, 0.3) is 0 Å². The molecule has 1 aliphatic heterocycles. The van der Waals surface area contributed by atoms with Gasteiger partial charge in [0.1, 0.15) is 0 Å². The molecule has 1 fully saturated rings. The van der Waals surface area contributed by atoms with Crippen molar-refractivity contribution in [2.45, 2.75) is 75.2 Å². The van der Waals surface area contributed by atoms with E-state index in [1.807, 2.05) is 48.5 Å². The SMILES string of the molecule is Cn1nnnc1SCC1CC(c2ccc(CO)cc2)OC(c2ccc(NC(=O)CCCCCCC(=O)O)cc2)O1. The second-order valence-corrected chi connectivity index (χ2v) is 10.7. The number of aromatic nitrogens is 4. The molecule has 2 heterocycles. The predicted octanol–water partition coefficient (Wildman–Crippen LogP) is 4.40. The molecule has 3 atom stereocenters. The highest BCUT2D eigenvalue weighted by atomic mass is 32.2. The molecular formula is C28H35N5O6S. The van der Waals surface area contributed by atoms with Gasteiger partial charge in [0.2, 0.25) is 11.1 Å². The molecule has 0 saturated carbocycles. The highest BCUT2D eigenvalue weighted by Crippen LogP contribution is 2.39. The molecule has 1 amide bonds. The number of thioether (sulfide) groups is 1. The van der Waals surface area contributed by atoms with Gasteiger partial charge in [0, 0.05) is 43.3 Å². The van der Waals surface area contributed by atoms with Gasteiger partial charge >= 0.3 is 5.97 Å². The van der Waals surface area contributed by atoms with Crippen LogP contribution >= 0.6 is 11.8 Å². The Morgan fingerprint density at radius 3 is 2.35 bits per heavy atom. The van der Waals surface area contributed by atoms with E-state index in [1.54, 1.807) is 11.7 Å². The van der Waals surface area contributed by atoms with Crippen LogP contribution in [0, 0.1) is 0 Å². The zero-order chi connectivity index (χ0) is 28.3. The molecule has 1 aliphatic rings. The number of tetrazole rings is 1. The van der Waals surface area contributed by atoms with E-state index in [0.29, 0.717) is 35.9 Å². The van der Waals surface area contributed by atoms with E-state index in [1.165, 1.54) is 11.8 Å². The first-order chi connectivity index (χ1) is 19.4. The summed E-state index contributed by atoms with van der Waals surface area (Å²) in [6.07, 6.45) is 3.26. The van der Waals surface area contributed by atoms with E-state index in [4.69, 9.17) is 14.6 Å². The lowest BCUT2D eigenvalue weighted by Gasteiger charge is -2.36. The second kappa shape index (κ2) is 14.9. The third-order valence-corrected chi connectivity index (χ3v) is 7.75. The number of rotatable bonds is 14. The van der Waals surface area contributed by atoms with E-state index < -0.39 is 12.3 Å². The van der Waals surface area contributed by atoms with E-state index in [0.717, 1.165) is 36.0 Å². The molecule has 3 N–H and O–H groups in total. The molecule has 0 bridgehead atoms. The number of hydrogen-bond donors (Lipinski definition) is 3. The lowest BCUT2D eigenvalue weighted by Crippen LogP contribution is -2.31. The van der Waals surface area contributed by atoms with Gasteiger partial charge < -0.3 is 25.0 Å². The molecule has 40 heavy (non-hydrogen) atoms. The van der Waals surface area contributed by atoms with Crippen LogP contribution in [0.2, 0.25) is 0 Å². The number of aliphatic hydroxyl groups excluding tert-OH is 1. The molecule has 3 aromatic rings. The largest absolute Gasteiger partial charge is 0.481 e. The van der Waals surface area contributed by atoms with Crippen LogP contribution < -0.4 is 5.32 Å². The van der Waals surface area contributed by atoms with Gasteiger partial charge in [-0.25, -0.2) is 4.68 Å². The number of aliphatic hydroxyl groups is 1. The molecule has 3 unspecified atom stereocenters. The van der Waals surface area contributed by atoms with Gasteiger partial charge in [-0.05, 0) is 46.5 Å². The van der Waals surface area contributed by atoms with E-state index >= 15 is 0 Å². The highest BCUT2D eigenvalue weighted by Gasteiger charge is 2.32. The lowest BCUT2D eigenvalue weighted by molar-refractivity contribution is -0.245. The minimum atomic E-state index is -0.786. The van der Waals surface area contributed by atoms with Crippen molar-refractivity contribution >= 4 is 29.3 Å². The van der Waals surface area contributed by atoms with Crippen LogP contribution in [-0.4, -0.2) is 54.2 Å². The Morgan fingerprint density at radius 1 is 1.00 bits per heavy atom. The first kappa shape index (κ1) is 29.7. The van der Waals surface area contributed by atoms with Gasteiger partial charge in [-0.1, -0.05) is 61.0 Å². The Balaban J connectivity index is 1.35. The van der Waals surface area contributed by atoms with Gasteiger partial charge in [0.05, 0.1) is 18.8 Å². The Hall–Kier alpha value is -3.32. The number of carboxylic acid groups (broad SMARTS) is 1. The van der Waals surface area contributed by atoms with Crippen molar-refractivity contribution in [3.8, 4) is 0 Å². The zero-order valence-electron chi connectivity index (χ0n) is 22.4. The molecule has 0 spiro atoms. The maximum Gasteiger partial charge on any atom is 0.303 e. The van der Waals surface area contributed by atoms with Crippen LogP contribution in [0.15, 0.2) is 53.7 Å². The van der Waals surface area contributed by atoms with Gasteiger partial charge in [-0.15, -0.1) is 5.10 Å². The Kier molecular flexibility index (Phi) is 11.0. The fourth-order valence-electron chi connectivity index (χ4n) is 4.40. The molecule has 1 aromatic heterocycles. The molecule has 11 nitrogen and oxygen atoms in total. The minimum absolute atomic E-state index is 0.0157. The summed E-state index contributed by atoms with van der Waals surface area (Å²) < 4.78 is 14.3. The minimum Gasteiger partial charge on any atom is -0.481 e. The van der Waals surface area contributed by atoms with Crippen molar-refractivity contribution in [1.82, 2.24) is 20.2 Å².